The van der Waals surface area contributed by atoms with Crippen LogP contribution in [0.25, 0.3) is 10.9 Å². The van der Waals surface area contributed by atoms with Crippen molar-refractivity contribution in [1.29, 1.82) is 0 Å². The molecule has 1 fully saturated rings. The van der Waals surface area contributed by atoms with E-state index in [1.54, 1.807) is 6.07 Å². The standard InChI is InChI=1S/C21H24F4N2O2/c1-20(12-21(23,24)25,13-29-16-7-3-2-4-8-16)27-19(28)15-10-14-6-5-9-17(22)18(14)26-11-15/h5-6,9-11,16H,2-4,7-8,12-13H2,1H3,(H,27,28)/t20-/m0/s1. The van der Waals surface area contributed by atoms with Crippen molar-refractivity contribution in [2.24, 2.45) is 0 Å². The van der Waals surface area contributed by atoms with E-state index in [1.165, 1.54) is 25.1 Å². The maximum atomic E-state index is 13.7. The van der Waals surface area contributed by atoms with Crippen molar-refractivity contribution in [1.82, 2.24) is 10.3 Å². The molecule has 0 radical (unpaired) electrons. The monoisotopic (exact) mass is 412 g/mol. The predicted octanol–water partition coefficient (Wildman–Crippen LogP) is 5.16. The Balaban J connectivity index is 1.76. The molecule has 1 heterocycles. The fourth-order valence-corrected chi connectivity index (χ4v) is 3.70. The number of para-hydroxylation sites is 1. The molecule has 3 rings (SSSR count). The van der Waals surface area contributed by atoms with Crippen LogP contribution in [-0.2, 0) is 4.74 Å². The number of rotatable bonds is 6. The summed E-state index contributed by atoms with van der Waals surface area (Å²) in [6, 6.07) is 5.73. The number of amides is 1. The molecule has 1 aromatic heterocycles. The lowest BCUT2D eigenvalue weighted by Crippen LogP contribution is -2.52. The van der Waals surface area contributed by atoms with E-state index < -0.39 is 29.9 Å². The maximum Gasteiger partial charge on any atom is 0.391 e. The van der Waals surface area contributed by atoms with Crippen LogP contribution < -0.4 is 5.32 Å². The van der Waals surface area contributed by atoms with Crippen LogP contribution in [0.15, 0.2) is 30.5 Å². The van der Waals surface area contributed by atoms with Gasteiger partial charge in [-0.05, 0) is 31.9 Å². The number of nitrogens with zero attached hydrogens (tertiary/aromatic N) is 1. The normalized spacial score (nSPS) is 17.8. The number of hydrogen-bond donors (Lipinski definition) is 1. The Labute approximate surface area is 166 Å². The fourth-order valence-electron chi connectivity index (χ4n) is 3.70. The summed E-state index contributed by atoms with van der Waals surface area (Å²) in [5.41, 5.74) is -1.46. The number of ether oxygens (including phenoxy) is 1. The average Bonchev–Trinajstić information content (AvgIpc) is 2.66. The summed E-state index contributed by atoms with van der Waals surface area (Å²) in [4.78, 5) is 16.6. The zero-order valence-electron chi connectivity index (χ0n) is 16.2. The Morgan fingerprint density at radius 2 is 1.97 bits per heavy atom. The second kappa shape index (κ2) is 8.65. The van der Waals surface area contributed by atoms with E-state index >= 15 is 0 Å². The third-order valence-corrected chi connectivity index (χ3v) is 5.12. The van der Waals surface area contributed by atoms with Crippen LogP contribution in [0, 0.1) is 5.82 Å². The van der Waals surface area contributed by atoms with E-state index in [0.717, 1.165) is 38.3 Å². The van der Waals surface area contributed by atoms with Gasteiger partial charge < -0.3 is 10.1 Å². The first-order valence-corrected chi connectivity index (χ1v) is 9.70. The Morgan fingerprint density at radius 1 is 1.24 bits per heavy atom. The molecule has 0 saturated heterocycles. The van der Waals surface area contributed by atoms with Gasteiger partial charge in [-0.15, -0.1) is 0 Å². The molecule has 1 saturated carbocycles. The summed E-state index contributed by atoms with van der Waals surface area (Å²) < 4.78 is 59.0. The molecule has 8 heteroatoms. The van der Waals surface area contributed by atoms with Gasteiger partial charge in [0.2, 0.25) is 0 Å². The van der Waals surface area contributed by atoms with Crippen LogP contribution in [0.1, 0.15) is 55.8 Å². The molecule has 4 nitrogen and oxygen atoms in total. The maximum absolute atomic E-state index is 13.7. The first kappa shape index (κ1) is 21.5. The van der Waals surface area contributed by atoms with Crippen LogP contribution in [0.5, 0.6) is 0 Å². The van der Waals surface area contributed by atoms with Crippen molar-refractivity contribution >= 4 is 16.8 Å². The quantitative estimate of drug-likeness (QED) is 0.667. The number of benzene rings is 1. The molecule has 158 valence electrons. The summed E-state index contributed by atoms with van der Waals surface area (Å²) >= 11 is 0. The van der Waals surface area contributed by atoms with Gasteiger partial charge in [-0.3, -0.25) is 9.78 Å². The summed E-state index contributed by atoms with van der Waals surface area (Å²) in [6.45, 7) is 1.09. The predicted molar refractivity (Wildman–Crippen MR) is 101 cm³/mol. The number of pyridine rings is 1. The topological polar surface area (TPSA) is 51.2 Å². The van der Waals surface area contributed by atoms with Crippen LogP contribution in [0.2, 0.25) is 0 Å². The minimum absolute atomic E-state index is 0.0640. The Hall–Kier alpha value is -2.22. The van der Waals surface area contributed by atoms with E-state index in [-0.39, 0.29) is 23.8 Å². The highest BCUT2D eigenvalue weighted by Crippen LogP contribution is 2.30. The molecule has 1 aromatic carbocycles. The second-order valence-corrected chi connectivity index (χ2v) is 7.91. The summed E-state index contributed by atoms with van der Waals surface area (Å²) in [5.74, 6) is -1.24. The highest BCUT2D eigenvalue weighted by atomic mass is 19.4. The lowest BCUT2D eigenvalue weighted by molar-refractivity contribution is -0.155. The number of halogens is 4. The minimum Gasteiger partial charge on any atom is -0.376 e. The highest BCUT2D eigenvalue weighted by molar-refractivity contribution is 5.97. The Morgan fingerprint density at radius 3 is 2.66 bits per heavy atom. The average molecular weight is 412 g/mol. The van der Waals surface area contributed by atoms with Crippen molar-refractivity contribution in [3.63, 3.8) is 0 Å². The van der Waals surface area contributed by atoms with E-state index in [2.05, 4.69) is 10.3 Å². The second-order valence-electron chi connectivity index (χ2n) is 7.91. The first-order valence-electron chi connectivity index (χ1n) is 9.70. The SMILES string of the molecule is C[C@@](COC1CCCCC1)(CC(F)(F)F)NC(=O)c1cnc2c(F)cccc2c1. The summed E-state index contributed by atoms with van der Waals surface area (Å²) in [6.07, 6.45) is 0.114. The van der Waals surface area contributed by atoms with Crippen molar-refractivity contribution in [2.75, 3.05) is 6.61 Å². The van der Waals surface area contributed by atoms with Gasteiger partial charge in [0.05, 0.1) is 30.2 Å². The molecule has 29 heavy (non-hydrogen) atoms. The molecular formula is C21H24F4N2O2. The highest BCUT2D eigenvalue weighted by Gasteiger charge is 2.41. The number of alkyl halides is 3. The fraction of sp³-hybridized carbons (Fsp3) is 0.524. The zero-order chi connectivity index (χ0) is 21.1. The van der Waals surface area contributed by atoms with Crippen molar-refractivity contribution in [3.05, 3.63) is 41.8 Å². The van der Waals surface area contributed by atoms with Gasteiger partial charge in [0.25, 0.3) is 5.91 Å². The first-order chi connectivity index (χ1) is 13.7. The zero-order valence-corrected chi connectivity index (χ0v) is 16.2. The van der Waals surface area contributed by atoms with Gasteiger partial charge in [0.15, 0.2) is 0 Å². The number of aromatic nitrogens is 1. The van der Waals surface area contributed by atoms with E-state index in [4.69, 9.17) is 4.74 Å². The number of carbonyl (C=O) groups is 1. The molecule has 1 N–H and O–H groups in total. The molecule has 1 aliphatic carbocycles. The van der Waals surface area contributed by atoms with Crippen LogP contribution in [0.3, 0.4) is 0 Å². The Bertz CT molecular complexity index is 865. The largest absolute Gasteiger partial charge is 0.391 e. The molecule has 0 unspecified atom stereocenters. The smallest absolute Gasteiger partial charge is 0.376 e. The van der Waals surface area contributed by atoms with E-state index in [1.807, 2.05) is 0 Å². The molecule has 2 aromatic rings. The van der Waals surface area contributed by atoms with Gasteiger partial charge in [0.1, 0.15) is 11.3 Å². The number of hydrogen-bond acceptors (Lipinski definition) is 3. The third-order valence-electron chi connectivity index (χ3n) is 5.12. The Kier molecular flexibility index (Phi) is 6.41. The van der Waals surface area contributed by atoms with Gasteiger partial charge in [0, 0.05) is 11.6 Å². The molecule has 1 aliphatic rings. The van der Waals surface area contributed by atoms with E-state index in [9.17, 15) is 22.4 Å². The molecule has 1 amide bonds. The van der Waals surface area contributed by atoms with Crippen LogP contribution in [-0.4, -0.2) is 35.3 Å². The minimum atomic E-state index is -4.47. The van der Waals surface area contributed by atoms with Crippen molar-refractivity contribution in [2.45, 2.75) is 63.3 Å². The number of fused-ring (bicyclic) bond motifs is 1. The van der Waals surface area contributed by atoms with Gasteiger partial charge >= 0.3 is 6.18 Å². The van der Waals surface area contributed by atoms with Gasteiger partial charge in [-0.25, -0.2) is 4.39 Å². The van der Waals surface area contributed by atoms with Crippen LogP contribution >= 0.6 is 0 Å². The molecule has 1 atom stereocenters. The molecule has 0 aliphatic heterocycles. The van der Waals surface area contributed by atoms with Crippen molar-refractivity contribution < 1.29 is 27.1 Å². The van der Waals surface area contributed by atoms with Gasteiger partial charge in [-0.1, -0.05) is 31.4 Å². The van der Waals surface area contributed by atoms with Gasteiger partial charge in [-0.2, -0.15) is 13.2 Å². The van der Waals surface area contributed by atoms with Crippen molar-refractivity contribution in [3.8, 4) is 0 Å². The molecule has 0 bridgehead atoms. The molecular weight excluding hydrogens is 388 g/mol. The van der Waals surface area contributed by atoms with Crippen LogP contribution in [0.4, 0.5) is 17.6 Å². The lowest BCUT2D eigenvalue weighted by atomic mass is 9.95. The third kappa shape index (κ3) is 5.88. The lowest BCUT2D eigenvalue weighted by Gasteiger charge is -2.34. The number of nitrogens with one attached hydrogen (secondary N) is 1. The number of carbonyl (C=O) groups excluding carboxylic acids is 1. The summed E-state index contributed by atoms with van der Waals surface area (Å²) in [5, 5.41) is 2.86. The molecule has 0 spiro atoms. The van der Waals surface area contributed by atoms with E-state index in [0.29, 0.717) is 5.39 Å². The summed E-state index contributed by atoms with van der Waals surface area (Å²) in [7, 11) is 0.